The molecule has 362 valence electrons. The molecular weight excluding hydrogens is 821 g/mol. The average Bonchev–Trinajstić information content (AvgIpc) is 3.49. The monoisotopic (exact) mass is 906 g/mol. The van der Waals surface area contributed by atoms with Crippen LogP contribution in [0.15, 0.2) is 12.2 Å². The smallest absolute Gasteiger partial charge is 0.472 e. The molecule has 0 radical (unpaired) electrons. The number of carbonyl (C=O) groups is 4. The Hall–Kier alpha value is -2.23. The Morgan fingerprint density at radius 3 is 1.73 bits per heavy atom. The first kappa shape index (κ1) is 57.8. The SMILES string of the molecule is CCCCCCCCCCCCCCCCCCCC(=O)OC[C@H](COP(=O)(O)OC[C@H](N)C(=O)O)OC(=O)CCCCC(=O)C[C@@H]1[C@@H](/C=C/[C@@H](O)CCCCC)[C@H](O)C[C@@H]1O. The molecule has 8 atom stereocenters. The molecule has 1 fully saturated rings. The minimum Gasteiger partial charge on any atom is -0.480 e. The van der Waals surface area contributed by atoms with Gasteiger partial charge in [-0.2, -0.15) is 0 Å². The summed E-state index contributed by atoms with van der Waals surface area (Å²) < 4.78 is 32.7. The molecule has 1 saturated carbocycles. The van der Waals surface area contributed by atoms with Gasteiger partial charge in [-0.3, -0.25) is 28.2 Å². The second-order valence-corrected chi connectivity index (χ2v) is 18.7. The fourth-order valence-electron chi connectivity index (χ4n) is 7.65. The number of hydrogen-bond donors (Lipinski definition) is 6. The number of carboxylic acids is 1. The van der Waals surface area contributed by atoms with E-state index in [4.69, 9.17) is 24.8 Å². The number of hydrogen-bond acceptors (Lipinski definition) is 13. The Labute approximate surface area is 371 Å². The predicted octanol–water partition coefficient (Wildman–Crippen LogP) is 8.40. The molecule has 0 aromatic carbocycles. The van der Waals surface area contributed by atoms with Crippen LogP contribution < -0.4 is 5.73 Å². The number of rotatable bonds is 41. The fourth-order valence-corrected chi connectivity index (χ4v) is 8.43. The van der Waals surface area contributed by atoms with E-state index in [0.29, 0.717) is 19.3 Å². The summed E-state index contributed by atoms with van der Waals surface area (Å²) in [5, 5.41) is 40.3. The summed E-state index contributed by atoms with van der Waals surface area (Å²) in [5.74, 6) is -3.81. The second-order valence-electron chi connectivity index (χ2n) is 17.2. The van der Waals surface area contributed by atoms with Crippen LogP contribution in [0.5, 0.6) is 0 Å². The van der Waals surface area contributed by atoms with Crippen LogP contribution in [0, 0.1) is 11.8 Å². The van der Waals surface area contributed by atoms with Gasteiger partial charge in [0.15, 0.2) is 6.10 Å². The maximum absolute atomic E-state index is 12.9. The molecule has 0 aromatic heterocycles. The number of unbranched alkanes of at least 4 members (excludes halogenated alkanes) is 19. The van der Waals surface area contributed by atoms with Gasteiger partial charge in [-0.25, -0.2) is 4.57 Å². The first-order valence-corrected chi connectivity index (χ1v) is 25.4. The lowest BCUT2D eigenvalue weighted by Gasteiger charge is -2.21. The van der Waals surface area contributed by atoms with Gasteiger partial charge in [-0.15, -0.1) is 0 Å². The van der Waals surface area contributed by atoms with Gasteiger partial charge < -0.3 is 40.5 Å². The van der Waals surface area contributed by atoms with Gasteiger partial charge in [0.2, 0.25) is 0 Å². The van der Waals surface area contributed by atoms with Crippen LogP contribution in [0.2, 0.25) is 0 Å². The number of aliphatic carboxylic acids is 1. The van der Waals surface area contributed by atoms with E-state index in [2.05, 4.69) is 18.4 Å². The Balaban J connectivity index is 2.47. The molecule has 1 unspecified atom stereocenters. The number of aliphatic hydroxyl groups excluding tert-OH is 3. The van der Waals surface area contributed by atoms with Crippen molar-refractivity contribution in [2.24, 2.45) is 17.6 Å². The number of ether oxygens (including phenoxy) is 2. The number of phosphoric acid groups is 1. The third kappa shape index (κ3) is 30.0. The van der Waals surface area contributed by atoms with E-state index in [1.165, 1.54) is 83.5 Å². The average molecular weight is 906 g/mol. The molecule has 0 amide bonds. The highest BCUT2D eigenvalue weighted by atomic mass is 31.2. The lowest BCUT2D eigenvalue weighted by molar-refractivity contribution is -0.161. The number of aliphatic hydroxyl groups is 3. The van der Waals surface area contributed by atoms with Gasteiger partial charge >= 0.3 is 25.7 Å². The molecule has 0 heterocycles. The normalized spacial score (nSPS) is 20.2. The predicted molar refractivity (Wildman–Crippen MR) is 238 cm³/mol. The van der Waals surface area contributed by atoms with Crippen molar-refractivity contribution in [3.05, 3.63) is 12.2 Å². The quantitative estimate of drug-likeness (QED) is 0.0146. The van der Waals surface area contributed by atoms with Crippen LogP contribution in [-0.4, -0.2) is 99.3 Å². The second kappa shape index (κ2) is 36.0. The van der Waals surface area contributed by atoms with E-state index in [1.807, 2.05) is 0 Å². The highest BCUT2D eigenvalue weighted by Gasteiger charge is 2.41. The molecule has 0 saturated heterocycles. The van der Waals surface area contributed by atoms with Gasteiger partial charge in [0.1, 0.15) is 18.4 Å². The number of esters is 2. The van der Waals surface area contributed by atoms with Crippen molar-refractivity contribution in [3.8, 4) is 0 Å². The van der Waals surface area contributed by atoms with Crippen molar-refractivity contribution >= 4 is 31.5 Å². The molecule has 0 bridgehead atoms. The van der Waals surface area contributed by atoms with Gasteiger partial charge in [0.05, 0.1) is 31.5 Å². The number of Topliss-reactive ketones (excluding diaryl/α,β-unsaturated/α-hetero) is 1. The van der Waals surface area contributed by atoms with Gasteiger partial charge in [-0.1, -0.05) is 148 Å². The number of nitrogens with two attached hydrogens (primary N) is 1. The van der Waals surface area contributed by atoms with Gasteiger partial charge in [0.25, 0.3) is 0 Å². The number of carbonyl (C=O) groups excluding carboxylic acids is 3. The first-order chi connectivity index (χ1) is 29.7. The van der Waals surface area contributed by atoms with Crippen molar-refractivity contribution < 1.29 is 67.6 Å². The third-order valence-electron chi connectivity index (χ3n) is 11.5. The van der Waals surface area contributed by atoms with E-state index in [-0.39, 0.29) is 44.3 Å². The van der Waals surface area contributed by atoms with E-state index in [1.54, 1.807) is 12.2 Å². The molecule has 15 nitrogen and oxygen atoms in total. The summed E-state index contributed by atoms with van der Waals surface area (Å²) in [6.45, 7) is 2.34. The molecular formula is C46H84NO14P. The largest absolute Gasteiger partial charge is 0.480 e. The topological polar surface area (TPSA) is 249 Å². The maximum Gasteiger partial charge on any atom is 0.472 e. The van der Waals surface area contributed by atoms with Gasteiger partial charge in [0, 0.05) is 43.9 Å². The molecule has 62 heavy (non-hydrogen) atoms. The molecule has 0 aliphatic heterocycles. The highest BCUT2D eigenvalue weighted by Crippen LogP contribution is 2.43. The Morgan fingerprint density at radius 1 is 0.677 bits per heavy atom. The van der Waals surface area contributed by atoms with E-state index in [0.717, 1.165) is 38.5 Å². The summed E-state index contributed by atoms with van der Waals surface area (Å²) in [6.07, 6.45) is 24.8. The Kier molecular flexibility index (Phi) is 33.6. The van der Waals surface area contributed by atoms with Crippen molar-refractivity contribution in [1.29, 1.82) is 0 Å². The summed E-state index contributed by atoms with van der Waals surface area (Å²) >= 11 is 0. The number of phosphoric ester groups is 1. The number of carboxylic acid groups (broad SMARTS) is 1. The Bertz CT molecular complexity index is 1280. The standard InChI is InChI=1S/C46H84NO14P/c1-3-5-7-8-9-10-11-12-13-14-15-16-17-18-19-20-22-27-44(52)58-33-38(34-59-62(56,57)60-35-41(47)46(54)55)61-45(53)28-24-23-26-37(49)31-40-39(42(50)32-43(40)51)30-29-36(48)25-21-6-4-2/h29-30,36,38-43,48,50-51H,3-28,31-35,47H2,1-2H3,(H,54,55)(H,56,57)/b30-29+/t36-,38+,39+,40+,41-,42+,43-/m0/s1. The molecule has 0 spiro atoms. The summed E-state index contributed by atoms with van der Waals surface area (Å²) in [4.78, 5) is 59.2. The van der Waals surface area contributed by atoms with E-state index in [9.17, 15) is 44.0 Å². The summed E-state index contributed by atoms with van der Waals surface area (Å²) in [6, 6.07) is -1.58. The Morgan fingerprint density at radius 2 is 1.16 bits per heavy atom. The van der Waals surface area contributed by atoms with Gasteiger partial charge in [-0.05, 0) is 25.7 Å². The molecule has 16 heteroatoms. The molecule has 7 N–H and O–H groups in total. The maximum atomic E-state index is 12.9. The van der Waals surface area contributed by atoms with Crippen LogP contribution >= 0.6 is 7.82 Å². The number of ketones is 1. The van der Waals surface area contributed by atoms with E-state index < -0.39 is 87.8 Å². The molecule has 1 aliphatic carbocycles. The first-order valence-electron chi connectivity index (χ1n) is 23.9. The zero-order chi connectivity index (χ0) is 46.0. The van der Waals surface area contributed by atoms with Crippen LogP contribution in [0.3, 0.4) is 0 Å². The lowest BCUT2D eigenvalue weighted by Crippen LogP contribution is -2.34. The van der Waals surface area contributed by atoms with Crippen molar-refractivity contribution in [1.82, 2.24) is 0 Å². The molecule has 1 rings (SSSR count). The minimum atomic E-state index is -4.82. The van der Waals surface area contributed by atoms with Crippen LogP contribution in [0.1, 0.15) is 194 Å². The van der Waals surface area contributed by atoms with E-state index >= 15 is 0 Å². The summed E-state index contributed by atoms with van der Waals surface area (Å²) in [5.41, 5.74) is 5.33. The van der Waals surface area contributed by atoms with Crippen molar-refractivity contribution in [2.45, 2.75) is 224 Å². The zero-order valence-corrected chi connectivity index (χ0v) is 38.9. The lowest BCUT2D eigenvalue weighted by atomic mass is 9.87. The fraction of sp³-hybridized carbons (Fsp3) is 0.870. The molecule has 0 aromatic rings. The zero-order valence-electron chi connectivity index (χ0n) is 38.1. The highest BCUT2D eigenvalue weighted by molar-refractivity contribution is 7.47. The molecule has 1 aliphatic rings. The minimum absolute atomic E-state index is 0.0362. The van der Waals surface area contributed by atoms with Crippen LogP contribution in [0.25, 0.3) is 0 Å². The van der Waals surface area contributed by atoms with Crippen molar-refractivity contribution in [2.75, 3.05) is 19.8 Å². The van der Waals surface area contributed by atoms with Crippen molar-refractivity contribution in [3.63, 3.8) is 0 Å². The van der Waals surface area contributed by atoms with Crippen LogP contribution in [0.4, 0.5) is 0 Å². The third-order valence-corrected chi connectivity index (χ3v) is 12.4. The van der Waals surface area contributed by atoms with Crippen LogP contribution in [-0.2, 0) is 42.3 Å². The summed E-state index contributed by atoms with van der Waals surface area (Å²) in [7, 11) is -4.82.